The Morgan fingerprint density at radius 3 is 2.27 bits per heavy atom. The van der Waals surface area contributed by atoms with Crippen molar-refractivity contribution < 1.29 is 14.3 Å². The highest BCUT2D eigenvalue weighted by atomic mass is 16.5. The highest BCUT2D eigenvalue weighted by Crippen LogP contribution is 2.31. The summed E-state index contributed by atoms with van der Waals surface area (Å²) in [4.78, 5) is 12.0. The Balaban J connectivity index is 2.69. The first-order chi connectivity index (χ1) is 7.25. The van der Waals surface area contributed by atoms with Crippen LogP contribution in [0, 0.1) is 0 Å². The third-order valence-electron chi connectivity index (χ3n) is 3.12. The van der Waals surface area contributed by atoms with Gasteiger partial charge in [0.2, 0.25) is 0 Å². The van der Waals surface area contributed by atoms with Gasteiger partial charge in [0.25, 0.3) is 0 Å². The second-order valence-electron chi connectivity index (χ2n) is 4.20. The molecule has 0 atom stereocenters. The number of hydrogen-bond donors (Lipinski definition) is 0. The molecule has 1 rings (SSSR count). The number of ether oxygens (including phenoxy) is 2. The normalized spacial score (nSPS) is 20.9. The van der Waals surface area contributed by atoms with Crippen molar-refractivity contribution in [1.29, 1.82) is 0 Å². The first-order valence-electron chi connectivity index (χ1n) is 5.91. The van der Waals surface area contributed by atoms with E-state index in [1.807, 2.05) is 6.92 Å². The van der Waals surface area contributed by atoms with Crippen LogP contribution in [0.25, 0.3) is 0 Å². The number of ketones is 1. The van der Waals surface area contributed by atoms with Crippen molar-refractivity contribution in [1.82, 2.24) is 0 Å². The summed E-state index contributed by atoms with van der Waals surface area (Å²) in [6, 6.07) is 0. The van der Waals surface area contributed by atoms with Gasteiger partial charge in [-0.25, -0.2) is 0 Å². The fourth-order valence-corrected chi connectivity index (χ4v) is 2.34. The summed E-state index contributed by atoms with van der Waals surface area (Å²) >= 11 is 0. The van der Waals surface area contributed by atoms with Crippen molar-refractivity contribution in [2.75, 3.05) is 20.3 Å². The van der Waals surface area contributed by atoms with Gasteiger partial charge in [0.05, 0.1) is 0 Å². The lowest BCUT2D eigenvalue weighted by molar-refractivity contribution is -0.150. The van der Waals surface area contributed by atoms with E-state index in [1.54, 1.807) is 7.11 Å². The van der Waals surface area contributed by atoms with E-state index in [0.29, 0.717) is 6.61 Å². The highest BCUT2D eigenvalue weighted by Gasteiger charge is 2.38. The van der Waals surface area contributed by atoms with Gasteiger partial charge in [0, 0.05) is 13.7 Å². The van der Waals surface area contributed by atoms with E-state index in [9.17, 15) is 4.79 Å². The minimum Gasteiger partial charge on any atom is -0.377 e. The standard InChI is InChI=1S/C12H22O3/c1-3-15-12(11(13)10-14-2)8-6-4-5-7-9-12/h3-10H2,1-2H3. The zero-order chi connectivity index (χ0) is 11.1. The van der Waals surface area contributed by atoms with Crippen LogP contribution in [-0.2, 0) is 14.3 Å². The summed E-state index contributed by atoms with van der Waals surface area (Å²) in [6.07, 6.45) is 6.35. The molecule has 88 valence electrons. The van der Waals surface area contributed by atoms with E-state index in [0.717, 1.165) is 25.7 Å². The molecule has 0 amide bonds. The van der Waals surface area contributed by atoms with Crippen LogP contribution in [0.15, 0.2) is 0 Å². The van der Waals surface area contributed by atoms with Gasteiger partial charge in [-0.1, -0.05) is 25.7 Å². The Bertz CT molecular complexity index is 193. The molecule has 0 aromatic carbocycles. The zero-order valence-corrected chi connectivity index (χ0v) is 9.88. The van der Waals surface area contributed by atoms with Crippen LogP contribution in [0.4, 0.5) is 0 Å². The number of carbonyl (C=O) groups excluding carboxylic acids is 1. The average Bonchev–Trinajstić information content (AvgIpc) is 2.45. The molecule has 3 heteroatoms. The monoisotopic (exact) mass is 214 g/mol. The Labute approximate surface area is 92.1 Å². The molecule has 0 spiro atoms. The average molecular weight is 214 g/mol. The van der Waals surface area contributed by atoms with Gasteiger partial charge in [-0.3, -0.25) is 4.79 Å². The van der Waals surface area contributed by atoms with Gasteiger partial charge < -0.3 is 9.47 Å². The Morgan fingerprint density at radius 2 is 1.80 bits per heavy atom. The Morgan fingerprint density at radius 1 is 1.20 bits per heavy atom. The van der Waals surface area contributed by atoms with Crippen LogP contribution in [0.1, 0.15) is 45.4 Å². The summed E-state index contributed by atoms with van der Waals surface area (Å²) in [5.41, 5.74) is -0.540. The molecule has 1 aliphatic rings. The molecule has 0 aliphatic heterocycles. The van der Waals surface area contributed by atoms with Crippen molar-refractivity contribution in [2.45, 2.75) is 51.0 Å². The van der Waals surface area contributed by atoms with Crippen LogP contribution in [0.2, 0.25) is 0 Å². The van der Waals surface area contributed by atoms with Crippen molar-refractivity contribution in [3.05, 3.63) is 0 Å². The molecule has 1 saturated carbocycles. The maximum atomic E-state index is 12.0. The summed E-state index contributed by atoms with van der Waals surface area (Å²) in [5.74, 6) is 0.119. The molecular weight excluding hydrogens is 192 g/mol. The molecule has 0 unspecified atom stereocenters. The minimum absolute atomic E-state index is 0.119. The quantitative estimate of drug-likeness (QED) is 0.659. The van der Waals surface area contributed by atoms with Crippen molar-refractivity contribution in [3.8, 4) is 0 Å². The lowest BCUT2D eigenvalue weighted by Crippen LogP contribution is -2.43. The lowest BCUT2D eigenvalue weighted by atomic mass is 9.89. The molecule has 0 saturated heterocycles. The lowest BCUT2D eigenvalue weighted by Gasteiger charge is -2.30. The van der Waals surface area contributed by atoms with Crippen LogP contribution >= 0.6 is 0 Å². The third kappa shape index (κ3) is 3.28. The predicted octanol–water partition coefficient (Wildman–Crippen LogP) is 2.33. The number of rotatable bonds is 5. The molecule has 0 radical (unpaired) electrons. The number of hydrogen-bond acceptors (Lipinski definition) is 3. The summed E-state index contributed by atoms with van der Waals surface area (Å²) in [6.45, 7) is 2.74. The van der Waals surface area contributed by atoms with E-state index < -0.39 is 5.60 Å². The third-order valence-corrected chi connectivity index (χ3v) is 3.12. The molecule has 1 fully saturated rings. The van der Waals surface area contributed by atoms with Crippen LogP contribution in [0.5, 0.6) is 0 Å². The molecule has 0 bridgehead atoms. The second-order valence-corrected chi connectivity index (χ2v) is 4.20. The van der Waals surface area contributed by atoms with Crippen LogP contribution in [-0.4, -0.2) is 31.7 Å². The SMILES string of the molecule is CCOC1(C(=O)COC)CCCCCC1. The van der Waals surface area contributed by atoms with Crippen LogP contribution in [0.3, 0.4) is 0 Å². The van der Waals surface area contributed by atoms with Gasteiger partial charge in [-0.15, -0.1) is 0 Å². The molecule has 3 nitrogen and oxygen atoms in total. The van der Waals surface area contributed by atoms with Gasteiger partial charge in [0.15, 0.2) is 5.78 Å². The molecule has 15 heavy (non-hydrogen) atoms. The molecule has 0 aromatic rings. The molecule has 0 aromatic heterocycles. The van der Waals surface area contributed by atoms with E-state index in [2.05, 4.69) is 0 Å². The zero-order valence-electron chi connectivity index (χ0n) is 9.88. The fourth-order valence-electron chi connectivity index (χ4n) is 2.34. The molecule has 0 N–H and O–H groups in total. The van der Waals surface area contributed by atoms with E-state index in [4.69, 9.17) is 9.47 Å². The van der Waals surface area contributed by atoms with Gasteiger partial charge in [-0.2, -0.15) is 0 Å². The fraction of sp³-hybridized carbons (Fsp3) is 0.917. The largest absolute Gasteiger partial charge is 0.377 e. The van der Waals surface area contributed by atoms with E-state index in [-0.39, 0.29) is 12.4 Å². The first-order valence-corrected chi connectivity index (χ1v) is 5.91. The van der Waals surface area contributed by atoms with E-state index in [1.165, 1.54) is 12.8 Å². The van der Waals surface area contributed by atoms with Gasteiger partial charge in [0.1, 0.15) is 12.2 Å². The second kappa shape index (κ2) is 6.23. The van der Waals surface area contributed by atoms with Crippen molar-refractivity contribution in [2.24, 2.45) is 0 Å². The van der Waals surface area contributed by atoms with Gasteiger partial charge in [-0.05, 0) is 19.8 Å². The topological polar surface area (TPSA) is 35.5 Å². The Hall–Kier alpha value is -0.410. The highest BCUT2D eigenvalue weighted by molar-refractivity contribution is 5.88. The van der Waals surface area contributed by atoms with E-state index >= 15 is 0 Å². The van der Waals surface area contributed by atoms with Crippen molar-refractivity contribution in [3.63, 3.8) is 0 Å². The minimum atomic E-state index is -0.540. The molecular formula is C12H22O3. The number of methoxy groups -OCH3 is 1. The molecule has 0 heterocycles. The number of carbonyl (C=O) groups is 1. The smallest absolute Gasteiger partial charge is 0.190 e. The Kier molecular flexibility index (Phi) is 5.26. The van der Waals surface area contributed by atoms with Crippen LogP contribution < -0.4 is 0 Å². The summed E-state index contributed by atoms with van der Waals surface area (Å²) in [5, 5.41) is 0. The summed E-state index contributed by atoms with van der Waals surface area (Å²) < 4.78 is 10.7. The maximum Gasteiger partial charge on any atom is 0.190 e. The first kappa shape index (κ1) is 12.7. The number of Topliss-reactive ketones (excluding diaryl/α,β-unsaturated/α-hetero) is 1. The van der Waals surface area contributed by atoms with Gasteiger partial charge >= 0.3 is 0 Å². The predicted molar refractivity (Wildman–Crippen MR) is 58.9 cm³/mol. The summed E-state index contributed by atoms with van der Waals surface area (Å²) in [7, 11) is 1.56. The maximum absolute atomic E-state index is 12.0. The molecule has 1 aliphatic carbocycles. The van der Waals surface area contributed by atoms with Crippen molar-refractivity contribution >= 4 is 5.78 Å².